The third-order valence-electron chi connectivity index (χ3n) is 15.4. The molecule has 0 atom stereocenters. The van der Waals surface area contributed by atoms with E-state index in [1.807, 2.05) is 36.4 Å². The number of para-hydroxylation sites is 4. The number of aromatic nitrogens is 5. The molecule has 1 aliphatic carbocycles. The Labute approximate surface area is 446 Å². The Morgan fingerprint density at radius 2 is 0.701 bits per heavy atom. The molecular weight excluding hydrogens is 937 g/mol. The summed E-state index contributed by atoms with van der Waals surface area (Å²) >= 11 is 0. The van der Waals surface area contributed by atoms with E-state index in [0.29, 0.717) is 17.5 Å². The van der Waals surface area contributed by atoms with E-state index in [4.69, 9.17) is 19.9 Å². The van der Waals surface area contributed by atoms with Gasteiger partial charge in [-0.1, -0.05) is 194 Å². The third-order valence-corrected chi connectivity index (χ3v) is 15.4. The van der Waals surface area contributed by atoms with Crippen LogP contribution in [0.1, 0.15) is 22.3 Å². The predicted molar refractivity (Wildman–Crippen MR) is 313 cm³/mol. The first-order valence-corrected chi connectivity index (χ1v) is 26.1. The maximum atomic E-state index is 5.40. The van der Waals surface area contributed by atoms with Gasteiger partial charge in [-0.2, -0.15) is 0 Å². The molecule has 13 aromatic rings. The minimum Gasteiger partial charge on any atom is -0.310 e. The first-order valence-electron chi connectivity index (χ1n) is 26.1. The van der Waals surface area contributed by atoms with Crippen LogP contribution in [0.5, 0.6) is 0 Å². The number of benzene rings is 11. The second-order valence-corrected chi connectivity index (χ2v) is 19.8. The van der Waals surface area contributed by atoms with Crippen LogP contribution < -0.4 is 4.90 Å². The lowest BCUT2D eigenvalue weighted by atomic mass is 9.64. The maximum Gasteiger partial charge on any atom is 0.164 e. The van der Waals surface area contributed by atoms with E-state index in [1.54, 1.807) is 0 Å². The molecule has 0 saturated heterocycles. The van der Waals surface area contributed by atoms with Crippen molar-refractivity contribution in [1.82, 2.24) is 24.5 Å². The number of rotatable bonds is 8. The van der Waals surface area contributed by atoms with Gasteiger partial charge in [-0.15, -0.1) is 0 Å². The molecule has 77 heavy (non-hydrogen) atoms. The summed E-state index contributed by atoms with van der Waals surface area (Å²) in [5, 5.41) is 0. The van der Waals surface area contributed by atoms with Crippen molar-refractivity contribution in [3.8, 4) is 84.6 Å². The van der Waals surface area contributed by atoms with Crippen LogP contribution in [0.15, 0.2) is 279 Å². The summed E-state index contributed by atoms with van der Waals surface area (Å²) in [6, 6.07) is 99.8. The van der Waals surface area contributed by atoms with Gasteiger partial charge in [0.2, 0.25) is 0 Å². The van der Waals surface area contributed by atoms with Crippen LogP contribution in [-0.4, -0.2) is 24.5 Å². The Bertz CT molecular complexity index is 4280. The Kier molecular flexibility index (Phi) is 10.3. The SMILES string of the molecule is c1ccc(-c2cc(-c3ccc4c(c3)C3(c5ccccc5-c5ccccc53)c3cc(-c5nc(-c6ccccc6)nc(-c6ccccc6)n5)ccc3N4c3ccccc3)cc(-c3nc4ccccc4n3-c3ccccc3)c2)cc1. The van der Waals surface area contributed by atoms with E-state index in [0.717, 1.165) is 89.7 Å². The van der Waals surface area contributed by atoms with Crippen molar-refractivity contribution in [2.45, 2.75) is 5.41 Å². The number of nitrogens with zero attached hydrogens (tertiary/aromatic N) is 6. The normalized spacial score (nSPS) is 12.8. The quantitative estimate of drug-likeness (QED) is 0.152. The fourth-order valence-electron chi connectivity index (χ4n) is 12.0. The van der Waals surface area contributed by atoms with Crippen LogP contribution in [-0.2, 0) is 5.41 Å². The van der Waals surface area contributed by atoms with E-state index in [1.165, 1.54) is 27.8 Å². The lowest BCUT2D eigenvalue weighted by Gasteiger charge is -2.45. The number of fused-ring (bicyclic) bond motifs is 10. The van der Waals surface area contributed by atoms with E-state index >= 15 is 0 Å². The van der Waals surface area contributed by atoms with Gasteiger partial charge < -0.3 is 4.90 Å². The summed E-state index contributed by atoms with van der Waals surface area (Å²) in [5.41, 5.74) is 20.9. The van der Waals surface area contributed by atoms with Crippen molar-refractivity contribution in [1.29, 1.82) is 0 Å². The topological polar surface area (TPSA) is 59.7 Å². The van der Waals surface area contributed by atoms with Crippen LogP contribution in [0.2, 0.25) is 0 Å². The van der Waals surface area contributed by atoms with Gasteiger partial charge in [-0.3, -0.25) is 4.57 Å². The number of hydrogen-bond acceptors (Lipinski definition) is 5. The fourth-order valence-corrected chi connectivity index (χ4v) is 12.0. The molecule has 6 nitrogen and oxygen atoms in total. The van der Waals surface area contributed by atoms with Crippen molar-refractivity contribution in [2.75, 3.05) is 4.90 Å². The zero-order chi connectivity index (χ0) is 50.9. The van der Waals surface area contributed by atoms with Crippen molar-refractivity contribution in [3.05, 3.63) is 301 Å². The highest BCUT2D eigenvalue weighted by molar-refractivity contribution is 5.98. The average Bonchev–Trinajstić information content (AvgIpc) is 4.16. The molecule has 0 bridgehead atoms. The first kappa shape index (κ1) is 44.2. The highest BCUT2D eigenvalue weighted by Gasteiger charge is 2.52. The molecule has 360 valence electrons. The van der Waals surface area contributed by atoms with Crippen LogP contribution in [0.3, 0.4) is 0 Å². The first-order chi connectivity index (χ1) is 38.2. The number of imidazole rings is 1. The molecule has 1 spiro atoms. The molecule has 0 radical (unpaired) electrons. The highest BCUT2D eigenvalue weighted by atomic mass is 15.2. The van der Waals surface area contributed by atoms with Gasteiger partial charge in [0.05, 0.1) is 27.8 Å². The summed E-state index contributed by atoms with van der Waals surface area (Å²) in [6.07, 6.45) is 0. The Morgan fingerprint density at radius 1 is 0.273 bits per heavy atom. The van der Waals surface area contributed by atoms with Gasteiger partial charge in [-0.05, 0) is 141 Å². The smallest absolute Gasteiger partial charge is 0.164 e. The summed E-state index contributed by atoms with van der Waals surface area (Å²) in [6.45, 7) is 0. The molecular formula is C71H46N6. The van der Waals surface area contributed by atoms with E-state index < -0.39 is 5.41 Å². The molecule has 0 unspecified atom stereocenters. The monoisotopic (exact) mass is 982 g/mol. The summed E-state index contributed by atoms with van der Waals surface area (Å²) < 4.78 is 2.29. The molecule has 2 aliphatic rings. The zero-order valence-corrected chi connectivity index (χ0v) is 41.7. The summed E-state index contributed by atoms with van der Waals surface area (Å²) in [5.74, 6) is 2.73. The molecule has 3 heterocycles. The van der Waals surface area contributed by atoms with Crippen LogP contribution in [0, 0.1) is 0 Å². The van der Waals surface area contributed by atoms with E-state index in [9.17, 15) is 0 Å². The molecule has 0 amide bonds. The van der Waals surface area contributed by atoms with Crippen LogP contribution in [0.4, 0.5) is 17.1 Å². The van der Waals surface area contributed by atoms with Crippen molar-refractivity contribution >= 4 is 28.1 Å². The Hall–Kier alpha value is -10.3. The van der Waals surface area contributed by atoms with E-state index in [-0.39, 0.29) is 0 Å². The number of hydrogen-bond donors (Lipinski definition) is 0. The molecule has 2 aromatic heterocycles. The molecule has 0 fully saturated rings. The standard InChI is InChI=1S/C71H46N6/c1-6-22-47(23-7-1)52-42-53(44-54(43-52)70-72-63-36-20-21-37-66(63)77(70)56-30-14-5-15-31-56)50-38-40-64-61(45-50)71(59-34-18-16-32-57(59)58-33-17-19-35-60(58)71)62-46-51(39-41-65(62)76(64)55-28-12-4-13-29-55)69-74-67(48-24-8-2-9-25-48)73-68(75-69)49-26-10-3-11-27-49/h1-46H. The van der Waals surface area contributed by atoms with Crippen LogP contribution in [0.25, 0.3) is 95.7 Å². The zero-order valence-electron chi connectivity index (χ0n) is 41.7. The Balaban J connectivity index is 1.01. The van der Waals surface area contributed by atoms with Crippen molar-refractivity contribution < 1.29 is 0 Å². The van der Waals surface area contributed by atoms with E-state index in [2.05, 4.69) is 252 Å². The molecule has 11 aromatic carbocycles. The van der Waals surface area contributed by atoms with Gasteiger partial charge in [0, 0.05) is 33.6 Å². The molecule has 0 N–H and O–H groups in total. The average molecular weight is 983 g/mol. The van der Waals surface area contributed by atoms with Crippen molar-refractivity contribution in [3.63, 3.8) is 0 Å². The lowest BCUT2D eigenvalue weighted by molar-refractivity contribution is 0.753. The Morgan fingerprint density at radius 3 is 1.29 bits per heavy atom. The van der Waals surface area contributed by atoms with Gasteiger partial charge in [0.1, 0.15) is 5.82 Å². The van der Waals surface area contributed by atoms with Crippen LogP contribution >= 0.6 is 0 Å². The van der Waals surface area contributed by atoms with Gasteiger partial charge >= 0.3 is 0 Å². The van der Waals surface area contributed by atoms with Crippen molar-refractivity contribution in [2.24, 2.45) is 0 Å². The lowest BCUT2D eigenvalue weighted by Crippen LogP contribution is -2.36. The summed E-state index contributed by atoms with van der Waals surface area (Å²) in [7, 11) is 0. The van der Waals surface area contributed by atoms with Gasteiger partial charge in [0.15, 0.2) is 17.5 Å². The molecule has 1 aliphatic heterocycles. The molecule has 6 heteroatoms. The molecule has 15 rings (SSSR count). The predicted octanol–water partition coefficient (Wildman–Crippen LogP) is 17.4. The second kappa shape index (κ2) is 18.0. The third kappa shape index (κ3) is 7.18. The maximum absolute atomic E-state index is 5.40. The fraction of sp³-hybridized carbons (Fsp3) is 0.0141. The second-order valence-electron chi connectivity index (χ2n) is 19.8. The summed E-state index contributed by atoms with van der Waals surface area (Å²) in [4.78, 5) is 23.5. The minimum absolute atomic E-state index is 0.604. The highest BCUT2D eigenvalue weighted by Crippen LogP contribution is 2.64. The number of anilines is 3. The molecule has 0 saturated carbocycles. The largest absolute Gasteiger partial charge is 0.310 e. The van der Waals surface area contributed by atoms with Gasteiger partial charge in [0.25, 0.3) is 0 Å². The minimum atomic E-state index is -0.770. The van der Waals surface area contributed by atoms with Gasteiger partial charge in [-0.25, -0.2) is 19.9 Å².